The van der Waals surface area contributed by atoms with Crippen LogP contribution in [0.3, 0.4) is 0 Å². The summed E-state index contributed by atoms with van der Waals surface area (Å²) >= 11 is 1.57. The molecule has 88 valence electrons. The van der Waals surface area contributed by atoms with Gasteiger partial charge in [0, 0.05) is 6.20 Å². The molecule has 0 radical (unpaired) electrons. The van der Waals surface area contributed by atoms with Crippen LogP contribution in [0.15, 0.2) is 29.8 Å². The van der Waals surface area contributed by atoms with Crippen molar-refractivity contribution in [2.45, 2.75) is 19.3 Å². The molecule has 0 unspecified atom stereocenters. The van der Waals surface area contributed by atoms with Crippen LogP contribution < -0.4 is 0 Å². The minimum atomic E-state index is -1.08. The molecule has 0 aromatic carbocycles. The lowest BCUT2D eigenvalue weighted by Gasteiger charge is -2.17. The van der Waals surface area contributed by atoms with Gasteiger partial charge in [-0.15, -0.1) is 11.3 Å². The summed E-state index contributed by atoms with van der Waals surface area (Å²) in [6.07, 6.45) is 1.60. The van der Waals surface area contributed by atoms with Crippen LogP contribution in [0.5, 0.6) is 0 Å². The standard InChI is InChI=1S/C12H12N2O2S/c1-12(2,11(15)16)10-13-6-5-8(14-10)9-4-3-7-17-9/h3-7H,1-2H3,(H,15,16). The molecular formula is C12H12N2O2S. The molecule has 0 bridgehead atoms. The van der Waals surface area contributed by atoms with Crippen LogP contribution in [-0.4, -0.2) is 21.0 Å². The number of thiophene rings is 1. The van der Waals surface area contributed by atoms with Gasteiger partial charge in [-0.2, -0.15) is 0 Å². The van der Waals surface area contributed by atoms with Gasteiger partial charge in [0.15, 0.2) is 0 Å². The van der Waals surface area contributed by atoms with Crippen LogP contribution in [0, 0.1) is 0 Å². The van der Waals surface area contributed by atoms with E-state index in [2.05, 4.69) is 9.97 Å². The Morgan fingerprint density at radius 3 is 2.76 bits per heavy atom. The molecule has 0 aliphatic rings. The molecule has 5 heteroatoms. The van der Waals surface area contributed by atoms with Crippen LogP contribution in [0.4, 0.5) is 0 Å². The van der Waals surface area contributed by atoms with E-state index in [1.54, 1.807) is 37.4 Å². The Morgan fingerprint density at radius 2 is 2.18 bits per heavy atom. The van der Waals surface area contributed by atoms with Crippen molar-refractivity contribution < 1.29 is 9.90 Å². The highest BCUT2D eigenvalue weighted by molar-refractivity contribution is 7.13. The van der Waals surface area contributed by atoms with E-state index in [9.17, 15) is 4.79 Å². The lowest BCUT2D eigenvalue weighted by molar-refractivity contribution is -0.142. The summed E-state index contributed by atoms with van der Waals surface area (Å²) in [5.41, 5.74) is -0.313. The summed E-state index contributed by atoms with van der Waals surface area (Å²) < 4.78 is 0. The molecule has 0 aliphatic carbocycles. The molecule has 2 rings (SSSR count). The van der Waals surface area contributed by atoms with E-state index < -0.39 is 11.4 Å². The average molecular weight is 248 g/mol. The number of rotatable bonds is 3. The Hall–Kier alpha value is -1.75. The second-order valence-electron chi connectivity index (χ2n) is 4.17. The molecule has 0 spiro atoms. The van der Waals surface area contributed by atoms with Gasteiger partial charge in [-0.1, -0.05) is 6.07 Å². The maximum atomic E-state index is 11.1. The second-order valence-corrected chi connectivity index (χ2v) is 5.12. The SMILES string of the molecule is CC(C)(C(=O)O)c1nccc(-c2cccs2)n1. The number of carboxylic acid groups (broad SMARTS) is 1. The van der Waals surface area contributed by atoms with E-state index in [1.165, 1.54) is 0 Å². The van der Waals surface area contributed by atoms with Crippen LogP contribution in [0.25, 0.3) is 10.6 Å². The molecule has 4 nitrogen and oxygen atoms in total. The summed E-state index contributed by atoms with van der Waals surface area (Å²) in [4.78, 5) is 20.5. The van der Waals surface area contributed by atoms with E-state index in [0.29, 0.717) is 5.82 Å². The highest BCUT2D eigenvalue weighted by atomic mass is 32.1. The molecule has 2 aromatic rings. The number of carbonyl (C=O) groups is 1. The Labute approximate surface area is 103 Å². The van der Waals surface area contributed by atoms with E-state index >= 15 is 0 Å². The molecule has 2 heterocycles. The van der Waals surface area contributed by atoms with Gasteiger partial charge in [-0.25, -0.2) is 9.97 Å². The van der Waals surface area contributed by atoms with E-state index in [-0.39, 0.29) is 0 Å². The number of aliphatic carboxylic acids is 1. The molecular weight excluding hydrogens is 236 g/mol. The van der Waals surface area contributed by atoms with Gasteiger partial charge in [0.1, 0.15) is 11.2 Å². The zero-order chi connectivity index (χ0) is 12.5. The number of carboxylic acids is 1. The third kappa shape index (κ3) is 2.19. The Bertz CT molecular complexity index is 535. The fourth-order valence-electron chi connectivity index (χ4n) is 1.32. The van der Waals surface area contributed by atoms with Crippen molar-refractivity contribution in [3.8, 4) is 10.6 Å². The second kappa shape index (κ2) is 4.25. The Balaban J connectivity index is 2.46. The smallest absolute Gasteiger partial charge is 0.316 e. The average Bonchev–Trinajstić information content (AvgIpc) is 2.82. The summed E-state index contributed by atoms with van der Waals surface area (Å²) in [5.74, 6) is -0.600. The van der Waals surface area contributed by atoms with Crippen molar-refractivity contribution in [3.05, 3.63) is 35.6 Å². The normalized spacial score (nSPS) is 11.4. The Kier molecular flexibility index (Phi) is 2.93. The monoisotopic (exact) mass is 248 g/mol. The third-order valence-electron chi connectivity index (χ3n) is 2.52. The molecule has 2 aromatic heterocycles. The lowest BCUT2D eigenvalue weighted by Crippen LogP contribution is -2.30. The fraction of sp³-hybridized carbons (Fsp3) is 0.250. The Morgan fingerprint density at radius 1 is 1.41 bits per heavy atom. The minimum Gasteiger partial charge on any atom is -0.481 e. The first-order chi connectivity index (χ1) is 8.01. The fourth-order valence-corrected chi connectivity index (χ4v) is 2.01. The zero-order valence-electron chi connectivity index (χ0n) is 9.54. The summed E-state index contributed by atoms with van der Waals surface area (Å²) in [6, 6.07) is 5.67. The van der Waals surface area contributed by atoms with Crippen LogP contribution in [0.2, 0.25) is 0 Å². The topological polar surface area (TPSA) is 63.1 Å². The zero-order valence-corrected chi connectivity index (χ0v) is 10.4. The molecule has 0 aliphatic heterocycles. The molecule has 1 N–H and O–H groups in total. The predicted octanol–water partition coefficient (Wildman–Crippen LogP) is 2.57. The van der Waals surface area contributed by atoms with Crippen LogP contribution in [0.1, 0.15) is 19.7 Å². The molecule has 0 fully saturated rings. The minimum absolute atomic E-state index is 0.330. The molecule has 17 heavy (non-hydrogen) atoms. The quantitative estimate of drug-likeness (QED) is 0.906. The van der Waals surface area contributed by atoms with Crippen LogP contribution in [-0.2, 0) is 10.2 Å². The van der Waals surface area contributed by atoms with Crippen molar-refractivity contribution >= 4 is 17.3 Å². The van der Waals surface area contributed by atoms with E-state index in [4.69, 9.17) is 5.11 Å². The first-order valence-corrected chi connectivity index (χ1v) is 6.00. The van der Waals surface area contributed by atoms with Crippen molar-refractivity contribution in [3.63, 3.8) is 0 Å². The van der Waals surface area contributed by atoms with Gasteiger partial charge >= 0.3 is 5.97 Å². The van der Waals surface area contributed by atoms with Crippen molar-refractivity contribution in [2.75, 3.05) is 0 Å². The maximum absolute atomic E-state index is 11.1. The first kappa shape index (κ1) is 11.7. The lowest BCUT2D eigenvalue weighted by atomic mass is 9.92. The predicted molar refractivity (Wildman–Crippen MR) is 66.0 cm³/mol. The van der Waals surface area contributed by atoms with Gasteiger partial charge in [0.25, 0.3) is 0 Å². The molecule has 0 saturated heterocycles. The molecule has 0 amide bonds. The van der Waals surface area contributed by atoms with Crippen molar-refractivity contribution in [1.29, 1.82) is 0 Å². The largest absolute Gasteiger partial charge is 0.481 e. The summed E-state index contributed by atoms with van der Waals surface area (Å²) in [7, 11) is 0. The van der Waals surface area contributed by atoms with Gasteiger partial charge in [-0.3, -0.25) is 4.79 Å². The molecule has 0 saturated carbocycles. The maximum Gasteiger partial charge on any atom is 0.316 e. The number of aromatic nitrogens is 2. The third-order valence-corrected chi connectivity index (χ3v) is 3.42. The van der Waals surface area contributed by atoms with E-state index in [0.717, 1.165) is 10.6 Å². The van der Waals surface area contributed by atoms with Crippen molar-refractivity contribution in [2.24, 2.45) is 0 Å². The van der Waals surface area contributed by atoms with Gasteiger partial charge in [-0.05, 0) is 31.4 Å². The van der Waals surface area contributed by atoms with Gasteiger partial charge in [0.05, 0.1) is 10.6 Å². The summed E-state index contributed by atoms with van der Waals surface area (Å²) in [6.45, 7) is 3.20. The number of nitrogens with zero attached hydrogens (tertiary/aromatic N) is 2. The summed E-state index contributed by atoms with van der Waals surface area (Å²) in [5, 5.41) is 11.1. The number of hydrogen-bond acceptors (Lipinski definition) is 4. The van der Waals surface area contributed by atoms with Crippen molar-refractivity contribution in [1.82, 2.24) is 9.97 Å². The van der Waals surface area contributed by atoms with Gasteiger partial charge in [0.2, 0.25) is 0 Å². The number of hydrogen-bond donors (Lipinski definition) is 1. The first-order valence-electron chi connectivity index (χ1n) is 5.12. The van der Waals surface area contributed by atoms with Gasteiger partial charge < -0.3 is 5.11 Å². The van der Waals surface area contributed by atoms with E-state index in [1.807, 2.05) is 17.5 Å². The van der Waals surface area contributed by atoms with Crippen LogP contribution >= 0.6 is 11.3 Å². The molecule has 0 atom stereocenters. The highest BCUT2D eigenvalue weighted by Crippen LogP contribution is 2.25. The highest BCUT2D eigenvalue weighted by Gasteiger charge is 2.32.